The third-order valence-corrected chi connectivity index (χ3v) is 3.23. The number of rotatable bonds is 7. The lowest BCUT2D eigenvalue weighted by Gasteiger charge is -2.08. The predicted octanol–water partition coefficient (Wildman–Crippen LogP) is 3.49. The van der Waals surface area contributed by atoms with Crippen molar-refractivity contribution < 1.29 is 23.9 Å². The van der Waals surface area contributed by atoms with Gasteiger partial charge in [0.2, 0.25) is 0 Å². The summed E-state index contributed by atoms with van der Waals surface area (Å²) in [6.07, 6.45) is 0. The fourth-order valence-electron chi connectivity index (χ4n) is 1.89. The monoisotopic (exact) mass is 351 g/mol. The average molecular weight is 352 g/mol. The molecule has 0 radical (unpaired) electrons. The molecule has 7 nitrogen and oxygen atoms in total. The molecule has 0 N–H and O–H groups in total. The molecular formula is C16H14ClNO6. The predicted molar refractivity (Wildman–Crippen MR) is 86.9 cm³/mol. The molecule has 0 saturated carbocycles. The normalized spacial score (nSPS) is 10.1. The van der Waals surface area contributed by atoms with Gasteiger partial charge in [0.05, 0.1) is 17.6 Å². The van der Waals surface area contributed by atoms with Crippen LogP contribution in [0, 0.1) is 10.1 Å². The lowest BCUT2D eigenvalue weighted by Crippen LogP contribution is -2.12. The van der Waals surface area contributed by atoms with E-state index in [0.29, 0.717) is 10.8 Å². The van der Waals surface area contributed by atoms with E-state index in [1.807, 2.05) is 0 Å². The molecule has 2 aromatic carbocycles. The largest absolute Gasteiger partial charge is 0.490 e. The third kappa shape index (κ3) is 4.60. The molecule has 126 valence electrons. The van der Waals surface area contributed by atoms with Gasteiger partial charge in [-0.05, 0) is 30.3 Å². The summed E-state index contributed by atoms with van der Waals surface area (Å²) < 4.78 is 15.3. The third-order valence-electron chi connectivity index (χ3n) is 2.99. The van der Waals surface area contributed by atoms with Gasteiger partial charge >= 0.3 is 11.7 Å². The van der Waals surface area contributed by atoms with E-state index >= 15 is 0 Å². The molecule has 0 amide bonds. The first-order valence-corrected chi connectivity index (χ1v) is 7.27. The van der Waals surface area contributed by atoms with Crippen molar-refractivity contribution in [3.8, 4) is 11.5 Å². The van der Waals surface area contributed by atoms with E-state index < -0.39 is 10.9 Å². The smallest absolute Gasteiger partial charge is 0.338 e. The van der Waals surface area contributed by atoms with E-state index in [1.54, 1.807) is 24.3 Å². The van der Waals surface area contributed by atoms with Crippen LogP contribution < -0.4 is 9.47 Å². The molecule has 24 heavy (non-hydrogen) atoms. The van der Waals surface area contributed by atoms with Crippen molar-refractivity contribution in [2.24, 2.45) is 0 Å². The number of hydrogen-bond donors (Lipinski definition) is 0. The van der Waals surface area contributed by atoms with Gasteiger partial charge in [-0.3, -0.25) is 10.1 Å². The number of ether oxygens (including phenoxy) is 3. The summed E-state index contributed by atoms with van der Waals surface area (Å²) in [5, 5.41) is 11.5. The Kier molecular flexibility index (Phi) is 5.97. The van der Waals surface area contributed by atoms with Crippen molar-refractivity contribution in [3.05, 3.63) is 63.2 Å². The van der Waals surface area contributed by atoms with E-state index in [1.165, 1.54) is 19.2 Å². The minimum Gasteiger partial charge on any atom is -0.490 e. The maximum Gasteiger partial charge on any atom is 0.338 e. The Labute approximate surface area is 142 Å². The van der Waals surface area contributed by atoms with Crippen molar-refractivity contribution in [2.75, 3.05) is 20.3 Å². The Hall–Kier alpha value is -2.80. The second kappa shape index (κ2) is 8.16. The minimum absolute atomic E-state index is 0.00876. The van der Waals surface area contributed by atoms with Crippen LogP contribution in [0.15, 0.2) is 42.5 Å². The molecule has 0 bridgehead atoms. The topological polar surface area (TPSA) is 87.9 Å². The molecular weight excluding hydrogens is 338 g/mol. The first-order chi connectivity index (χ1) is 11.5. The Balaban J connectivity index is 1.90. The van der Waals surface area contributed by atoms with Crippen LogP contribution in [0.1, 0.15) is 10.4 Å². The zero-order valence-electron chi connectivity index (χ0n) is 12.7. The summed E-state index contributed by atoms with van der Waals surface area (Å²) in [6.45, 7) is 0.121. The van der Waals surface area contributed by atoms with Crippen LogP contribution in [0.2, 0.25) is 5.02 Å². The van der Waals surface area contributed by atoms with Crippen LogP contribution in [-0.4, -0.2) is 31.2 Å². The first kappa shape index (κ1) is 17.6. The second-order valence-corrected chi connectivity index (χ2v) is 5.02. The van der Waals surface area contributed by atoms with Gasteiger partial charge in [-0.25, -0.2) is 4.79 Å². The van der Waals surface area contributed by atoms with E-state index in [2.05, 4.69) is 0 Å². The lowest BCUT2D eigenvalue weighted by atomic mass is 10.2. The molecule has 2 aromatic rings. The number of benzene rings is 2. The molecule has 0 saturated heterocycles. The Bertz CT molecular complexity index is 749. The molecule has 0 aliphatic heterocycles. The quantitative estimate of drug-likeness (QED) is 0.328. The van der Waals surface area contributed by atoms with Crippen molar-refractivity contribution in [3.63, 3.8) is 0 Å². The highest BCUT2D eigenvalue weighted by atomic mass is 35.5. The molecule has 8 heteroatoms. The number of carbonyl (C=O) groups excluding carboxylic acids is 1. The van der Waals surface area contributed by atoms with Gasteiger partial charge in [-0.2, -0.15) is 0 Å². The number of nitrogens with zero attached hydrogens (tertiary/aromatic N) is 1. The fraction of sp³-hybridized carbons (Fsp3) is 0.188. The number of nitro groups is 1. The number of halogens is 1. The van der Waals surface area contributed by atoms with Crippen molar-refractivity contribution in [1.82, 2.24) is 0 Å². The number of hydrogen-bond acceptors (Lipinski definition) is 6. The van der Waals surface area contributed by atoms with Crippen LogP contribution >= 0.6 is 11.6 Å². The van der Waals surface area contributed by atoms with Crippen LogP contribution in [0.5, 0.6) is 11.5 Å². The van der Waals surface area contributed by atoms with Crippen molar-refractivity contribution in [2.45, 2.75) is 0 Å². The van der Waals surface area contributed by atoms with Gasteiger partial charge in [0.1, 0.15) is 19.0 Å². The Morgan fingerprint density at radius 2 is 2.00 bits per heavy atom. The molecule has 0 aromatic heterocycles. The summed E-state index contributed by atoms with van der Waals surface area (Å²) in [5.74, 6) is -0.0603. The highest BCUT2D eigenvalue weighted by molar-refractivity contribution is 6.30. The SMILES string of the molecule is COc1ccc(C(=O)OCCOc2cccc(Cl)c2)cc1[N+](=O)[O-]. The van der Waals surface area contributed by atoms with Crippen molar-refractivity contribution in [1.29, 1.82) is 0 Å². The maximum absolute atomic E-state index is 11.9. The zero-order valence-corrected chi connectivity index (χ0v) is 13.5. The minimum atomic E-state index is -0.685. The fourth-order valence-corrected chi connectivity index (χ4v) is 2.07. The summed E-state index contributed by atoms with van der Waals surface area (Å²) in [7, 11) is 1.31. The van der Waals surface area contributed by atoms with E-state index in [4.69, 9.17) is 25.8 Å². The standard InChI is InChI=1S/C16H14ClNO6/c1-22-15-6-5-11(9-14(15)18(20)21)16(19)24-8-7-23-13-4-2-3-12(17)10-13/h2-6,9-10H,7-8H2,1H3. The summed E-state index contributed by atoms with van der Waals surface area (Å²) in [5.41, 5.74) is -0.243. The van der Waals surface area contributed by atoms with E-state index in [0.717, 1.165) is 6.07 Å². The molecule has 0 unspecified atom stereocenters. The summed E-state index contributed by atoms with van der Waals surface area (Å²) >= 11 is 5.82. The van der Waals surface area contributed by atoms with Gasteiger partial charge in [0.15, 0.2) is 5.75 Å². The molecule has 0 spiro atoms. The van der Waals surface area contributed by atoms with E-state index in [-0.39, 0.29) is 30.2 Å². The van der Waals surface area contributed by atoms with Gasteiger partial charge in [-0.1, -0.05) is 17.7 Å². The second-order valence-electron chi connectivity index (χ2n) is 4.59. The van der Waals surface area contributed by atoms with Crippen LogP contribution in [-0.2, 0) is 4.74 Å². The van der Waals surface area contributed by atoms with Crippen molar-refractivity contribution >= 4 is 23.3 Å². The average Bonchev–Trinajstić information content (AvgIpc) is 2.58. The summed E-state index contributed by atoms with van der Waals surface area (Å²) in [6, 6.07) is 10.7. The molecule has 2 rings (SSSR count). The van der Waals surface area contributed by atoms with Gasteiger partial charge < -0.3 is 14.2 Å². The highest BCUT2D eigenvalue weighted by Gasteiger charge is 2.18. The van der Waals surface area contributed by atoms with Gasteiger partial charge in [-0.15, -0.1) is 0 Å². The molecule has 0 fully saturated rings. The number of nitro benzene ring substituents is 1. The van der Waals surface area contributed by atoms with Crippen LogP contribution in [0.4, 0.5) is 5.69 Å². The molecule has 0 atom stereocenters. The molecule has 0 aliphatic carbocycles. The Morgan fingerprint density at radius 3 is 2.67 bits per heavy atom. The van der Waals surface area contributed by atoms with Crippen LogP contribution in [0.3, 0.4) is 0 Å². The number of methoxy groups -OCH3 is 1. The maximum atomic E-state index is 11.9. The number of esters is 1. The zero-order chi connectivity index (χ0) is 17.5. The van der Waals surface area contributed by atoms with E-state index in [9.17, 15) is 14.9 Å². The highest BCUT2D eigenvalue weighted by Crippen LogP contribution is 2.27. The molecule has 0 aliphatic rings. The number of carbonyl (C=O) groups is 1. The van der Waals surface area contributed by atoms with Gasteiger partial charge in [0.25, 0.3) is 0 Å². The Morgan fingerprint density at radius 1 is 1.21 bits per heavy atom. The van der Waals surface area contributed by atoms with Crippen LogP contribution in [0.25, 0.3) is 0 Å². The first-order valence-electron chi connectivity index (χ1n) is 6.89. The summed E-state index contributed by atoms with van der Waals surface area (Å²) in [4.78, 5) is 22.2. The molecule has 0 heterocycles. The lowest BCUT2D eigenvalue weighted by molar-refractivity contribution is -0.385. The van der Waals surface area contributed by atoms with Gasteiger partial charge in [0, 0.05) is 11.1 Å².